The number of hydrogen-bond donors (Lipinski definition) is 2. The number of nitrogens with one attached hydrogen (secondary N) is 1. The fourth-order valence-electron chi connectivity index (χ4n) is 4.53. The number of benzene rings is 4. The van der Waals surface area contributed by atoms with E-state index in [0.29, 0.717) is 28.0 Å². The molecule has 1 aromatic heterocycles. The van der Waals surface area contributed by atoms with Crippen LogP contribution in [0.5, 0.6) is 11.5 Å². The average Bonchev–Trinajstić information content (AvgIpc) is 3.34. The third kappa shape index (κ3) is 6.45. The molecule has 206 valence electrons. The third-order valence-corrected chi connectivity index (χ3v) is 6.57. The van der Waals surface area contributed by atoms with Crippen LogP contribution in [0.1, 0.15) is 27.0 Å². The molecule has 0 spiro atoms. The second kappa shape index (κ2) is 12.2. The van der Waals surface area contributed by atoms with E-state index in [9.17, 15) is 19.5 Å². The first-order valence-electron chi connectivity index (χ1n) is 13.1. The summed E-state index contributed by atoms with van der Waals surface area (Å²) in [7, 11) is 0. The van der Waals surface area contributed by atoms with Crippen molar-refractivity contribution in [2.75, 3.05) is 0 Å². The van der Waals surface area contributed by atoms with Crippen LogP contribution >= 0.6 is 0 Å². The van der Waals surface area contributed by atoms with E-state index in [1.807, 2.05) is 67.6 Å². The maximum atomic E-state index is 13.3. The highest BCUT2D eigenvalue weighted by Crippen LogP contribution is 2.27. The molecule has 1 atom stereocenters. The molecule has 4 aromatic carbocycles. The van der Waals surface area contributed by atoms with E-state index in [2.05, 4.69) is 5.32 Å². The van der Waals surface area contributed by atoms with Crippen molar-refractivity contribution in [1.82, 2.24) is 9.88 Å². The molecule has 41 heavy (non-hydrogen) atoms. The SMILES string of the molecule is Cc1ccc2c(c1)c(CC(NC(=O)c1ccccc1Oc1ccccc1)C(=O)O)cn2C(=O)OCc1ccccc1. The number of aryl methyl sites for hydroxylation is 1. The minimum absolute atomic E-state index is 0.0539. The zero-order valence-electron chi connectivity index (χ0n) is 22.3. The van der Waals surface area contributed by atoms with Crippen LogP contribution in [0.3, 0.4) is 0 Å². The average molecular weight is 549 g/mol. The molecule has 1 amide bonds. The number of carbonyl (C=O) groups is 3. The molecule has 0 saturated heterocycles. The van der Waals surface area contributed by atoms with Crippen LogP contribution < -0.4 is 10.1 Å². The maximum Gasteiger partial charge on any atom is 0.418 e. The lowest BCUT2D eigenvalue weighted by atomic mass is 10.0. The molecular weight excluding hydrogens is 520 g/mol. The van der Waals surface area contributed by atoms with E-state index in [0.717, 1.165) is 11.1 Å². The van der Waals surface area contributed by atoms with Gasteiger partial charge >= 0.3 is 12.1 Å². The highest BCUT2D eigenvalue weighted by atomic mass is 16.5. The standard InChI is InChI=1S/C33H28N2O6/c1-22-16-17-29-27(18-22)24(20-35(29)33(39)40-21-23-10-4-2-5-11-23)19-28(32(37)38)34-31(36)26-14-8-9-15-30(26)41-25-12-6-3-7-13-25/h2-18,20,28H,19,21H2,1H3,(H,34,36)(H,37,38). The van der Waals surface area contributed by atoms with Crippen molar-refractivity contribution in [2.24, 2.45) is 0 Å². The Morgan fingerprint density at radius 2 is 1.56 bits per heavy atom. The van der Waals surface area contributed by atoms with Gasteiger partial charge in [0.05, 0.1) is 11.1 Å². The molecule has 0 aliphatic carbocycles. The van der Waals surface area contributed by atoms with E-state index in [-0.39, 0.29) is 18.6 Å². The quantitative estimate of drug-likeness (QED) is 0.222. The Labute approximate surface area is 236 Å². The number of carbonyl (C=O) groups excluding carboxylic acids is 2. The highest BCUT2D eigenvalue weighted by Gasteiger charge is 2.26. The Morgan fingerprint density at radius 3 is 2.29 bits per heavy atom. The molecule has 0 aliphatic heterocycles. The van der Waals surface area contributed by atoms with Crippen LogP contribution in [-0.4, -0.2) is 33.7 Å². The smallest absolute Gasteiger partial charge is 0.418 e. The maximum absolute atomic E-state index is 13.3. The summed E-state index contributed by atoms with van der Waals surface area (Å²) in [6, 6.07) is 29.2. The van der Waals surface area contributed by atoms with Crippen LogP contribution in [-0.2, 0) is 22.6 Å². The van der Waals surface area contributed by atoms with Gasteiger partial charge in [-0.25, -0.2) is 9.59 Å². The van der Waals surface area contributed by atoms with E-state index in [1.54, 1.807) is 48.7 Å². The Morgan fingerprint density at radius 1 is 0.878 bits per heavy atom. The Kier molecular flexibility index (Phi) is 8.10. The van der Waals surface area contributed by atoms with Crippen molar-refractivity contribution in [2.45, 2.75) is 26.0 Å². The van der Waals surface area contributed by atoms with Crippen LogP contribution in [0, 0.1) is 6.92 Å². The van der Waals surface area contributed by atoms with Crippen LogP contribution in [0.15, 0.2) is 109 Å². The summed E-state index contributed by atoms with van der Waals surface area (Å²) in [5, 5.41) is 13.4. The normalized spacial score (nSPS) is 11.5. The predicted molar refractivity (Wildman–Crippen MR) is 154 cm³/mol. The van der Waals surface area contributed by atoms with Crippen LogP contribution in [0.25, 0.3) is 10.9 Å². The summed E-state index contributed by atoms with van der Waals surface area (Å²) in [4.78, 5) is 38.6. The fraction of sp³-hybridized carbons (Fsp3) is 0.121. The molecule has 8 heteroatoms. The first-order valence-corrected chi connectivity index (χ1v) is 13.1. The van der Waals surface area contributed by atoms with Crippen molar-refractivity contribution in [3.8, 4) is 11.5 Å². The number of para-hydroxylation sites is 2. The Hall–Kier alpha value is -5.37. The van der Waals surface area contributed by atoms with Crippen molar-refractivity contribution >= 4 is 28.9 Å². The lowest BCUT2D eigenvalue weighted by molar-refractivity contribution is -0.139. The number of aliphatic carboxylic acids is 1. The second-order valence-corrected chi connectivity index (χ2v) is 9.56. The van der Waals surface area contributed by atoms with Crippen molar-refractivity contribution in [3.05, 3.63) is 132 Å². The largest absolute Gasteiger partial charge is 0.480 e. The second-order valence-electron chi connectivity index (χ2n) is 9.56. The van der Waals surface area contributed by atoms with Gasteiger partial charge in [-0.05, 0) is 54.4 Å². The monoisotopic (exact) mass is 548 g/mol. The van der Waals surface area contributed by atoms with Crippen LogP contribution in [0.4, 0.5) is 4.79 Å². The highest BCUT2D eigenvalue weighted by molar-refractivity contribution is 5.99. The predicted octanol–water partition coefficient (Wildman–Crippen LogP) is 6.35. The summed E-state index contributed by atoms with van der Waals surface area (Å²) in [5.41, 5.74) is 3.16. The Bertz CT molecular complexity index is 1700. The van der Waals surface area contributed by atoms with Crippen molar-refractivity contribution in [3.63, 3.8) is 0 Å². The number of rotatable bonds is 9. The van der Waals surface area contributed by atoms with Gasteiger partial charge in [-0.3, -0.25) is 9.36 Å². The van der Waals surface area contributed by atoms with Gasteiger partial charge in [0, 0.05) is 18.0 Å². The number of amides is 1. The van der Waals surface area contributed by atoms with Gasteiger partial charge in [-0.1, -0.05) is 72.3 Å². The minimum atomic E-state index is -1.27. The van der Waals surface area contributed by atoms with E-state index in [4.69, 9.17) is 9.47 Å². The van der Waals surface area contributed by atoms with Crippen molar-refractivity contribution < 1.29 is 29.0 Å². The molecule has 0 bridgehead atoms. The summed E-state index contributed by atoms with van der Waals surface area (Å²) >= 11 is 0. The zero-order valence-corrected chi connectivity index (χ0v) is 22.3. The van der Waals surface area contributed by atoms with Gasteiger partial charge in [0.15, 0.2) is 0 Å². The first-order chi connectivity index (χ1) is 19.9. The van der Waals surface area contributed by atoms with Gasteiger partial charge in [-0.15, -0.1) is 0 Å². The molecule has 1 unspecified atom stereocenters. The third-order valence-electron chi connectivity index (χ3n) is 6.57. The molecule has 0 radical (unpaired) electrons. The fourth-order valence-corrected chi connectivity index (χ4v) is 4.53. The number of carboxylic acid groups (broad SMARTS) is 1. The van der Waals surface area contributed by atoms with Gasteiger partial charge in [0.25, 0.3) is 5.91 Å². The molecular formula is C33H28N2O6. The van der Waals surface area contributed by atoms with Crippen molar-refractivity contribution in [1.29, 1.82) is 0 Å². The molecule has 5 aromatic rings. The summed E-state index contributed by atoms with van der Waals surface area (Å²) in [6.07, 6.45) is 0.935. The first kappa shape index (κ1) is 27.2. The Balaban J connectivity index is 1.38. The van der Waals surface area contributed by atoms with Gasteiger partial charge in [0.2, 0.25) is 0 Å². The number of fused-ring (bicyclic) bond motifs is 1. The van der Waals surface area contributed by atoms with E-state index < -0.39 is 24.0 Å². The number of ether oxygens (including phenoxy) is 2. The number of carboxylic acids is 1. The van der Waals surface area contributed by atoms with E-state index in [1.165, 1.54) is 4.57 Å². The molecule has 8 nitrogen and oxygen atoms in total. The lowest BCUT2D eigenvalue weighted by Gasteiger charge is -2.16. The molecule has 2 N–H and O–H groups in total. The molecule has 0 saturated carbocycles. The van der Waals surface area contributed by atoms with Gasteiger partial charge in [0.1, 0.15) is 24.1 Å². The summed E-state index contributed by atoms with van der Waals surface area (Å²) in [6.45, 7) is 2.01. The molecule has 1 heterocycles. The molecule has 5 rings (SSSR count). The summed E-state index contributed by atoms with van der Waals surface area (Å²) in [5.74, 6) is -0.954. The van der Waals surface area contributed by atoms with Gasteiger partial charge < -0.3 is 19.9 Å². The topological polar surface area (TPSA) is 107 Å². The minimum Gasteiger partial charge on any atom is -0.480 e. The number of nitrogens with zero attached hydrogens (tertiary/aromatic N) is 1. The summed E-state index contributed by atoms with van der Waals surface area (Å²) < 4.78 is 12.8. The van der Waals surface area contributed by atoms with Gasteiger partial charge in [-0.2, -0.15) is 0 Å². The number of aromatic nitrogens is 1. The lowest BCUT2D eigenvalue weighted by Crippen LogP contribution is -2.42. The van der Waals surface area contributed by atoms with Crippen LogP contribution in [0.2, 0.25) is 0 Å². The molecule has 0 fully saturated rings. The van der Waals surface area contributed by atoms with E-state index >= 15 is 0 Å². The zero-order chi connectivity index (χ0) is 28.8. The number of hydrogen-bond acceptors (Lipinski definition) is 5. The molecule has 0 aliphatic rings.